The van der Waals surface area contributed by atoms with Gasteiger partial charge in [0, 0.05) is 48.9 Å². The van der Waals surface area contributed by atoms with Gasteiger partial charge in [-0.25, -0.2) is 4.98 Å². The largest absolute Gasteiger partial charge is 0.353 e. The van der Waals surface area contributed by atoms with Crippen molar-refractivity contribution in [2.45, 2.75) is 71.3 Å². The van der Waals surface area contributed by atoms with Crippen molar-refractivity contribution in [3.63, 3.8) is 0 Å². The van der Waals surface area contributed by atoms with Gasteiger partial charge in [0.25, 0.3) is 0 Å². The number of hydrogen-bond donors (Lipinski definition) is 1. The maximum absolute atomic E-state index is 12.8. The van der Waals surface area contributed by atoms with Crippen LogP contribution in [0.3, 0.4) is 0 Å². The van der Waals surface area contributed by atoms with Gasteiger partial charge in [0.2, 0.25) is 11.8 Å². The van der Waals surface area contributed by atoms with E-state index in [0.717, 1.165) is 63.4 Å². The van der Waals surface area contributed by atoms with Gasteiger partial charge in [0.1, 0.15) is 0 Å². The standard InChI is InChI=1S/C22H34N4O2S/c1-15(2)21(28)25-10-12-26(13-11-25)22-24-18-9-8-16(14-19(18)29-22)20(27)23-17-6-4-3-5-7-17/h15-17H,3-14H2,1-2H3,(H,23,27)/t16-/m0/s1. The molecule has 6 nitrogen and oxygen atoms in total. The molecule has 160 valence electrons. The van der Waals surface area contributed by atoms with Crippen molar-refractivity contribution in [3.05, 3.63) is 10.6 Å². The molecule has 3 aliphatic rings. The number of aromatic nitrogens is 1. The molecular formula is C22H34N4O2S. The third kappa shape index (κ3) is 4.76. The first-order valence-electron chi connectivity index (χ1n) is 11.3. The molecule has 29 heavy (non-hydrogen) atoms. The van der Waals surface area contributed by atoms with E-state index in [9.17, 15) is 9.59 Å². The number of carbonyl (C=O) groups is 2. The van der Waals surface area contributed by atoms with Crippen LogP contribution in [0.1, 0.15) is 62.9 Å². The van der Waals surface area contributed by atoms with Crippen molar-refractivity contribution < 1.29 is 9.59 Å². The van der Waals surface area contributed by atoms with E-state index in [2.05, 4.69) is 10.2 Å². The second kappa shape index (κ2) is 9.02. The molecule has 1 atom stereocenters. The topological polar surface area (TPSA) is 65.5 Å². The lowest BCUT2D eigenvalue weighted by molar-refractivity contribution is -0.134. The highest BCUT2D eigenvalue weighted by molar-refractivity contribution is 7.15. The van der Waals surface area contributed by atoms with Crippen molar-refractivity contribution in [2.75, 3.05) is 31.1 Å². The second-order valence-corrected chi connectivity index (χ2v) is 10.2. The Labute approximate surface area is 178 Å². The molecule has 1 aromatic rings. The molecule has 0 bridgehead atoms. The van der Waals surface area contributed by atoms with Gasteiger partial charge in [-0.2, -0.15) is 0 Å². The number of amides is 2. The summed E-state index contributed by atoms with van der Waals surface area (Å²) in [6, 6.07) is 0.388. The van der Waals surface area contributed by atoms with Crippen molar-refractivity contribution >= 4 is 28.3 Å². The molecule has 0 radical (unpaired) electrons. The Morgan fingerprint density at radius 2 is 1.79 bits per heavy atom. The Morgan fingerprint density at radius 1 is 1.07 bits per heavy atom. The molecule has 1 aromatic heterocycles. The Balaban J connectivity index is 1.33. The van der Waals surface area contributed by atoms with Crippen LogP contribution < -0.4 is 10.2 Å². The zero-order valence-electron chi connectivity index (χ0n) is 17.8. The van der Waals surface area contributed by atoms with Gasteiger partial charge in [-0.1, -0.05) is 33.1 Å². The molecule has 2 amide bonds. The average Bonchev–Trinajstić information content (AvgIpc) is 3.17. The number of anilines is 1. The van der Waals surface area contributed by atoms with E-state index in [1.807, 2.05) is 18.7 Å². The lowest BCUT2D eigenvalue weighted by Gasteiger charge is -2.35. The average molecular weight is 419 g/mol. The van der Waals surface area contributed by atoms with E-state index in [0.29, 0.717) is 6.04 Å². The smallest absolute Gasteiger partial charge is 0.225 e. The predicted molar refractivity (Wildman–Crippen MR) is 116 cm³/mol. The predicted octanol–water partition coefficient (Wildman–Crippen LogP) is 3.00. The van der Waals surface area contributed by atoms with Crippen molar-refractivity contribution in [1.82, 2.24) is 15.2 Å². The maximum Gasteiger partial charge on any atom is 0.225 e. The van der Waals surface area contributed by atoms with E-state index in [1.165, 1.54) is 29.8 Å². The zero-order valence-corrected chi connectivity index (χ0v) is 18.6. The molecule has 0 aromatic carbocycles. The highest BCUT2D eigenvalue weighted by atomic mass is 32.1. The normalized spacial score (nSPS) is 23.2. The Morgan fingerprint density at radius 3 is 2.48 bits per heavy atom. The van der Waals surface area contributed by atoms with Crippen LogP contribution in [0.15, 0.2) is 0 Å². The third-order valence-electron chi connectivity index (χ3n) is 6.61. The Bertz CT molecular complexity index is 733. The fourth-order valence-electron chi connectivity index (χ4n) is 4.77. The Hall–Kier alpha value is -1.63. The molecule has 7 heteroatoms. The van der Waals surface area contributed by atoms with E-state index in [-0.39, 0.29) is 23.7 Å². The molecule has 1 aliphatic heterocycles. The van der Waals surface area contributed by atoms with Crippen LogP contribution in [0.2, 0.25) is 0 Å². The van der Waals surface area contributed by atoms with Crippen LogP contribution in [-0.4, -0.2) is 53.9 Å². The SMILES string of the molecule is CC(C)C(=O)N1CCN(c2nc3c(s2)C[C@@H](C(=O)NC2CCCCC2)CC3)CC1. The van der Waals surface area contributed by atoms with E-state index >= 15 is 0 Å². The summed E-state index contributed by atoms with van der Waals surface area (Å²) in [6.45, 7) is 7.16. The Kier molecular flexibility index (Phi) is 6.42. The van der Waals surface area contributed by atoms with E-state index < -0.39 is 0 Å². The van der Waals surface area contributed by atoms with Crippen LogP contribution in [0, 0.1) is 11.8 Å². The first kappa shape index (κ1) is 20.6. The molecule has 2 heterocycles. The summed E-state index contributed by atoms with van der Waals surface area (Å²) < 4.78 is 0. The number of piperazine rings is 1. The highest BCUT2D eigenvalue weighted by Gasteiger charge is 2.31. The summed E-state index contributed by atoms with van der Waals surface area (Å²) in [6.07, 6.45) is 8.72. The molecule has 2 aliphatic carbocycles. The molecule has 2 fully saturated rings. The minimum absolute atomic E-state index is 0.0606. The molecular weight excluding hydrogens is 384 g/mol. The summed E-state index contributed by atoms with van der Waals surface area (Å²) in [7, 11) is 0. The van der Waals surface area contributed by atoms with Crippen molar-refractivity contribution in [1.29, 1.82) is 0 Å². The van der Waals surface area contributed by atoms with E-state index in [1.54, 1.807) is 11.3 Å². The van der Waals surface area contributed by atoms with Crippen LogP contribution in [0.4, 0.5) is 5.13 Å². The van der Waals surface area contributed by atoms with Gasteiger partial charge in [-0.05, 0) is 32.1 Å². The number of thiazole rings is 1. The molecule has 0 spiro atoms. The van der Waals surface area contributed by atoms with Crippen LogP contribution in [0.25, 0.3) is 0 Å². The molecule has 4 rings (SSSR count). The summed E-state index contributed by atoms with van der Waals surface area (Å²) in [5.74, 6) is 0.650. The number of carbonyl (C=O) groups excluding carboxylic acids is 2. The fraction of sp³-hybridized carbons (Fsp3) is 0.773. The van der Waals surface area contributed by atoms with Crippen LogP contribution in [0.5, 0.6) is 0 Å². The van der Waals surface area contributed by atoms with Crippen molar-refractivity contribution in [2.24, 2.45) is 11.8 Å². The number of rotatable bonds is 4. The van der Waals surface area contributed by atoms with Gasteiger partial charge in [0.15, 0.2) is 5.13 Å². The summed E-state index contributed by atoms with van der Waals surface area (Å²) in [5.41, 5.74) is 1.19. The lowest BCUT2D eigenvalue weighted by atomic mass is 9.89. The quantitative estimate of drug-likeness (QED) is 0.816. The van der Waals surface area contributed by atoms with Gasteiger partial charge in [0.05, 0.1) is 5.69 Å². The van der Waals surface area contributed by atoms with Gasteiger partial charge >= 0.3 is 0 Å². The van der Waals surface area contributed by atoms with Gasteiger partial charge < -0.3 is 15.1 Å². The van der Waals surface area contributed by atoms with E-state index in [4.69, 9.17) is 4.98 Å². The first-order valence-corrected chi connectivity index (χ1v) is 12.2. The number of nitrogens with one attached hydrogen (secondary N) is 1. The maximum atomic E-state index is 12.8. The molecule has 1 saturated heterocycles. The lowest BCUT2D eigenvalue weighted by Crippen LogP contribution is -2.49. The number of aryl methyl sites for hydroxylation is 1. The monoisotopic (exact) mass is 418 g/mol. The number of nitrogens with zero attached hydrogens (tertiary/aromatic N) is 3. The van der Waals surface area contributed by atoms with Crippen molar-refractivity contribution in [3.8, 4) is 0 Å². The second-order valence-electron chi connectivity index (χ2n) is 9.12. The van der Waals surface area contributed by atoms with Gasteiger partial charge in [-0.3, -0.25) is 9.59 Å². The van der Waals surface area contributed by atoms with Crippen LogP contribution in [-0.2, 0) is 22.4 Å². The minimum atomic E-state index is 0.0606. The highest BCUT2D eigenvalue weighted by Crippen LogP contribution is 2.35. The molecule has 1 N–H and O–H groups in total. The minimum Gasteiger partial charge on any atom is -0.353 e. The summed E-state index contributed by atoms with van der Waals surface area (Å²) >= 11 is 1.76. The molecule has 1 saturated carbocycles. The van der Waals surface area contributed by atoms with Gasteiger partial charge in [-0.15, -0.1) is 11.3 Å². The fourth-order valence-corrected chi connectivity index (χ4v) is 6.01. The van der Waals surface area contributed by atoms with Crippen LogP contribution >= 0.6 is 11.3 Å². The zero-order chi connectivity index (χ0) is 20.4. The summed E-state index contributed by atoms with van der Waals surface area (Å²) in [5, 5.41) is 4.38. The first-order chi connectivity index (χ1) is 14.0. The number of hydrogen-bond acceptors (Lipinski definition) is 5. The number of fused-ring (bicyclic) bond motifs is 1. The third-order valence-corrected chi connectivity index (χ3v) is 7.79. The molecule has 0 unspecified atom stereocenters. The summed E-state index contributed by atoms with van der Waals surface area (Å²) in [4.78, 5) is 35.4.